The van der Waals surface area contributed by atoms with Gasteiger partial charge in [-0.25, -0.2) is 0 Å². The Balaban J connectivity index is 1.24. The lowest BCUT2D eigenvalue weighted by Crippen LogP contribution is -2.30. The van der Waals surface area contributed by atoms with Gasteiger partial charge in [-0.2, -0.15) is 0 Å². The molecule has 130 valence electrons. The third-order valence-electron chi connectivity index (χ3n) is 5.17. The molecule has 0 saturated carbocycles. The van der Waals surface area contributed by atoms with E-state index in [1.54, 1.807) is 0 Å². The number of nitrogens with one attached hydrogen (secondary N) is 1. The Kier molecular flexibility index (Phi) is 7.13. The lowest BCUT2D eigenvalue weighted by atomic mass is 10.1. The van der Waals surface area contributed by atoms with Crippen LogP contribution in [0.5, 0.6) is 0 Å². The van der Waals surface area contributed by atoms with Crippen molar-refractivity contribution in [3.63, 3.8) is 0 Å². The number of fused-ring (bicyclic) bond motifs is 1. The van der Waals surface area contributed by atoms with Crippen LogP contribution in [0.15, 0.2) is 42.5 Å². The average molecular weight is 325 g/mol. The summed E-state index contributed by atoms with van der Waals surface area (Å²) in [6.07, 6.45) is 9.70. The molecule has 0 aromatic heterocycles. The van der Waals surface area contributed by atoms with Crippen LogP contribution in [0, 0.1) is 0 Å². The minimum Gasteiger partial charge on any atom is -0.313 e. The van der Waals surface area contributed by atoms with Gasteiger partial charge in [0.1, 0.15) is 0 Å². The monoisotopic (exact) mass is 324 g/mol. The SMILES string of the molecule is c1ccc2cc(CNCCCCCCN3CCCCC3)ccc2c1. The number of likely N-dealkylation sites (tertiary alicyclic amines) is 1. The molecule has 0 spiro atoms. The average Bonchev–Trinajstić information content (AvgIpc) is 2.64. The van der Waals surface area contributed by atoms with E-state index in [9.17, 15) is 0 Å². The first-order chi connectivity index (χ1) is 11.9. The molecule has 1 heterocycles. The summed E-state index contributed by atoms with van der Waals surface area (Å²) in [6.45, 7) is 6.13. The van der Waals surface area contributed by atoms with E-state index < -0.39 is 0 Å². The van der Waals surface area contributed by atoms with Gasteiger partial charge in [-0.15, -0.1) is 0 Å². The van der Waals surface area contributed by atoms with Gasteiger partial charge in [0.2, 0.25) is 0 Å². The molecule has 1 saturated heterocycles. The Bertz CT molecular complexity index is 602. The fourth-order valence-electron chi connectivity index (χ4n) is 3.70. The van der Waals surface area contributed by atoms with Crippen LogP contribution < -0.4 is 5.32 Å². The van der Waals surface area contributed by atoms with Crippen LogP contribution in [0.2, 0.25) is 0 Å². The summed E-state index contributed by atoms with van der Waals surface area (Å²) >= 11 is 0. The van der Waals surface area contributed by atoms with Crippen molar-refractivity contribution in [3.05, 3.63) is 48.0 Å². The highest BCUT2D eigenvalue weighted by Gasteiger charge is 2.08. The smallest absolute Gasteiger partial charge is 0.0205 e. The fourth-order valence-corrected chi connectivity index (χ4v) is 3.70. The maximum absolute atomic E-state index is 3.60. The molecule has 1 aliphatic heterocycles. The normalized spacial score (nSPS) is 15.8. The first-order valence-corrected chi connectivity index (χ1v) is 9.82. The van der Waals surface area contributed by atoms with Crippen molar-refractivity contribution >= 4 is 10.8 Å². The maximum Gasteiger partial charge on any atom is 0.0205 e. The zero-order chi connectivity index (χ0) is 16.5. The summed E-state index contributed by atoms with van der Waals surface area (Å²) in [7, 11) is 0. The van der Waals surface area contributed by atoms with Crippen molar-refractivity contribution in [2.45, 2.75) is 51.5 Å². The first kappa shape index (κ1) is 17.4. The van der Waals surface area contributed by atoms with E-state index in [0.717, 1.165) is 13.1 Å². The second kappa shape index (κ2) is 9.80. The van der Waals surface area contributed by atoms with Crippen LogP contribution in [0.1, 0.15) is 50.5 Å². The van der Waals surface area contributed by atoms with Crippen molar-refractivity contribution in [1.29, 1.82) is 0 Å². The van der Waals surface area contributed by atoms with Gasteiger partial charge >= 0.3 is 0 Å². The van der Waals surface area contributed by atoms with E-state index in [0.29, 0.717) is 0 Å². The Morgan fingerprint density at radius 3 is 2.46 bits per heavy atom. The minimum absolute atomic E-state index is 0.985. The molecule has 3 rings (SSSR count). The molecule has 2 aromatic carbocycles. The van der Waals surface area contributed by atoms with Crippen LogP contribution in [0.25, 0.3) is 10.8 Å². The first-order valence-electron chi connectivity index (χ1n) is 9.82. The largest absolute Gasteiger partial charge is 0.313 e. The molecular weight excluding hydrogens is 292 g/mol. The number of hydrogen-bond donors (Lipinski definition) is 1. The van der Waals surface area contributed by atoms with Crippen LogP contribution >= 0.6 is 0 Å². The third-order valence-corrected chi connectivity index (χ3v) is 5.17. The van der Waals surface area contributed by atoms with Crippen LogP contribution in [0.4, 0.5) is 0 Å². The topological polar surface area (TPSA) is 15.3 Å². The van der Waals surface area contributed by atoms with Gasteiger partial charge < -0.3 is 10.2 Å². The molecule has 0 amide bonds. The minimum atomic E-state index is 0.985. The van der Waals surface area contributed by atoms with Crippen molar-refractivity contribution < 1.29 is 0 Å². The molecule has 0 aliphatic carbocycles. The predicted octanol–water partition coefficient (Wildman–Crippen LogP) is 4.98. The van der Waals surface area contributed by atoms with Gasteiger partial charge in [0.25, 0.3) is 0 Å². The Labute approximate surface area is 147 Å². The van der Waals surface area contributed by atoms with Gasteiger partial charge in [-0.05, 0) is 74.3 Å². The number of nitrogens with zero attached hydrogens (tertiary/aromatic N) is 1. The molecule has 0 bridgehead atoms. The molecule has 24 heavy (non-hydrogen) atoms. The molecule has 0 radical (unpaired) electrons. The van der Waals surface area contributed by atoms with E-state index in [1.165, 1.54) is 80.9 Å². The molecule has 2 heteroatoms. The summed E-state index contributed by atoms with van der Waals surface area (Å²) in [5.41, 5.74) is 1.39. The summed E-state index contributed by atoms with van der Waals surface area (Å²) in [4.78, 5) is 2.65. The Hall–Kier alpha value is -1.38. The lowest BCUT2D eigenvalue weighted by Gasteiger charge is -2.26. The maximum atomic E-state index is 3.60. The van der Waals surface area contributed by atoms with Gasteiger partial charge in [-0.1, -0.05) is 55.7 Å². The van der Waals surface area contributed by atoms with Gasteiger partial charge in [0.05, 0.1) is 0 Å². The Morgan fingerprint density at radius 2 is 1.58 bits per heavy atom. The molecule has 1 fully saturated rings. The van der Waals surface area contributed by atoms with Crippen molar-refractivity contribution in [2.24, 2.45) is 0 Å². The third kappa shape index (κ3) is 5.61. The van der Waals surface area contributed by atoms with Crippen LogP contribution in [-0.4, -0.2) is 31.1 Å². The van der Waals surface area contributed by atoms with Crippen molar-refractivity contribution in [2.75, 3.05) is 26.2 Å². The van der Waals surface area contributed by atoms with E-state index in [4.69, 9.17) is 0 Å². The molecule has 0 atom stereocenters. The second-order valence-electron chi connectivity index (χ2n) is 7.17. The highest BCUT2D eigenvalue weighted by molar-refractivity contribution is 5.82. The summed E-state index contributed by atoms with van der Waals surface area (Å²) < 4.78 is 0. The summed E-state index contributed by atoms with van der Waals surface area (Å²) in [5.74, 6) is 0. The summed E-state index contributed by atoms with van der Waals surface area (Å²) in [6, 6.07) is 15.4. The molecule has 1 aliphatic rings. The second-order valence-corrected chi connectivity index (χ2v) is 7.17. The van der Waals surface area contributed by atoms with Gasteiger partial charge in [0, 0.05) is 6.54 Å². The number of rotatable bonds is 9. The zero-order valence-corrected chi connectivity index (χ0v) is 15.0. The van der Waals surface area contributed by atoms with Crippen molar-refractivity contribution in [3.8, 4) is 0 Å². The number of piperidine rings is 1. The molecule has 2 aromatic rings. The van der Waals surface area contributed by atoms with E-state index >= 15 is 0 Å². The van der Waals surface area contributed by atoms with Crippen LogP contribution in [-0.2, 0) is 6.54 Å². The predicted molar refractivity (Wildman–Crippen MR) is 104 cm³/mol. The molecule has 2 nitrogen and oxygen atoms in total. The standard InChI is InChI=1S/C22H32N2/c1(2-7-15-24-16-8-3-9-17-24)6-14-23-19-20-12-13-21-10-4-5-11-22(21)18-20/h4-5,10-13,18,23H,1-3,6-9,14-17,19H2. The molecule has 0 unspecified atom stereocenters. The quantitative estimate of drug-likeness (QED) is 0.655. The van der Waals surface area contributed by atoms with E-state index in [1.807, 2.05) is 0 Å². The number of hydrogen-bond acceptors (Lipinski definition) is 2. The Morgan fingerprint density at radius 1 is 0.792 bits per heavy atom. The van der Waals surface area contributed by atoms with E-state index in [-0.39, 0.29) is 0 Å². The number of benzene rings is 2. The van der Waals surface area contributed by atoms with Crippen LogP contribution in [0.3, 0.4) is 0 Å². The molecular formula is C22H32N2. The molecule has 1 N–H and O–H groups in total. The van der Waals surface area contributed by atoms with Crippen molar-refractivity contribution in [1.82, 2.24) is 10.2 Å². The highest BCUT2D eigenvalue weighted by Crippen LogP contribution is 2.15. The zero-order valence-electron chi connectivity index (χ0n) is 15.0. The number of unbranched alkanes of at least 4 members (excludes halogenated alkanes) is 3. The van der Waals surface area contributed by atoms with Gasteiger partial charge in [-0.3, -0.25) is 0 Å². The van der Waals surface area contributed by atoms with E-state index in [2.05, 4.69) is 52.7 Å². The lowest BCUT2D eigenvalue weighted by molar-refractivity contribution is 0.224. The summed E-state index contributed by atoms with van der Waals surface area (Å²) in [5, 5.41) is 6.27. The fraction of sp³-hybridized carbons (Fsp3) is 0.545. The highest BCUT2D eigenvalue weighted by atomic mass is 15.1. The van der Waals surface area contributed by atoms with Gasteiger partial charge in [0.15, 0.2) is 0 Å².